The van der Waals surface area contributed by atoms with Crippen molar-refractivity contribution in [2.45, 2.75) is 119 Å². The molecule has 3 heteroatoms. The zero-order chi connectivity index (χ0) is 24.6. The third-order valence-corrected chi connectivity index (χ3v) is 11.7. The molecule has 4 rings (SSSR count). The van der Waals surface area contributed by atoms with Crippen molar-refractivity contribution in [2.24, 2.45) is 45.3 Å². The minimum Gasteiger partial charge on any atom is -0.392 e. The van der Waals surface area contributed by atoms with Crippen LogP contribution in [0.3, 0.4) is 0 Å². The summed E-state index contributed by atoms with van der Waals surface area (Å²) in [6, 6.07) is 0. The Morgan fingerprint density at radius 1 is 1.00 bits per heavy atom. The summed E-state index contributed by atoms with van der Waals surface area (Å²) in [5.41, 5.74) is 2.58. The molecule has 0 radical (unpaired) electrons. The molecule has 4 aliphatic rings. The van der Waals surface area contributed by atoms with Crippen molar-refractivity contribution in [1.29, 1.82) is 0 Å². The van der Waals surface area contributed by atoms with Crippen LogP contribution in [0.4, 0.5) is 0 Å². The predicted octanol–water partition coefficient (Wildman–Crippen LogP) is 6.28. The van der Waals surface area contributed by atoms with E-state index in [-0.39, 0.29) is 39.8 Å². The smallest absolute Gasteiger partial charge is 0.0762 e. The Bertz CT molecular complexity index is 822. The van der Waals surface area contributed by atoms with E-state index < -0.39 is 6.10 Å². The minimum absolute atomic E-state index is 0.0782. The van der Waals surface area contributed by atoms with Crippen LogP contribution >= 0.6 is 0 Å². The highest BCUT2D eigenvalue weighted by atomic mass is 16.3. The minimum atomic E-state index is -0.444. The topological polar surface area (TPSA) is 60.7 Å². The third kappa shape index (κ3) is 3.62. The number of aliphatic hydroxyl groups is 3. The molecule has 0 bridgehead atoms. The molecule has 3 N–H and O–H groups in total. The first-order valence-electron chi connectivity index (χ1n) is 13.6. The summed E-state index contributed by atoms with van der Waals surface area (Å²) in [7, 11) is 0. The average Bonchev–Trinajstić information content (AvgIpc) is 2.96. The number of fused-ring (bicyclic) bond motifs is 5. The fraction of sp³-hybridized carbons (Fsp3) is 0.867. The first kappa shape index (κ1) is 25.5. The van der Waals surface area contributed by atoms with Crippen LogP contribution in [-0.4, -0.2) is 33.6 Å². The molecule has 0 amide bonds. The van der Waals surface area contributed by atoms with Gasteiger partial charge in [-0.05, 0) is 92.8 Å². The zero-order valence-corrected chi connectivity index (χ0v) is 22.5. The van der Waals surface area contributed by atoms with Crippen LogP contribution in [0, 0.1) is 45.3 Å². The van der Waals surface area contributed by atoms with Crippen molar-refractivity contribution in [3.63, 3.8) is 0 Å². The second-order valence-electron chi connectivity index (χ2n) is 14.0. The average molecular weight is 459 g/mol. The molecule has 0 saturated heterocycles. The summed E-state index contributed by atoms with van der Waals surface area (Å²) in [5.74, 6) is 1.75. The highest BCUT2D eigenvalue weighted by Crippen LogP contribution is 2.74. The fourth-order valence-corrected chi connectivity index (χ4v) is 9.72. The summed E-state index contributed by atoms with van der Waals surface area (Å²) in [6.07, 6.45) is 10.5. The Balaban J connectivity index is 1.68. The SMILES string of the molecule is CC(C)=CC(O)CC(C)C1CCC2(C)C3C(O)C=C4C(CCC(O)C4(C)C)C3(C)CCC12C. The number of allylic oxidation sites excluding steroid dienone is 1. The van der Waals surface area contributed by atoms with Gasteiger partial charge in [-0.2, -0.15) is 0 Å². The Hall–Kier alpha value is -0.640. The van der Waals surface area contributed by atoms with Crippen molar-refractivity contribution >= 4 is 0 Å². The maximum atomic E-state index is 11.7. The summed E-state index contributed by atoms with van der Waals surface area (Å²) in [4.78, 5) is 0. The second kappa shape index (κ2) is 8.20. The molecule has 0 aliphatic heterocycles. The van der Waals surface area contributed by atoms with Crippen LogP contribution in [0.15, 0.2) is 23.3 Å². The van der Waals surface area contributed by atoms with Gasteiger partial charge in [-0.1, -0.05) is 64.8 Å². The quantitative estimate of drug-likeness (QED) is 0.435. The van der Waals surface area contributed by atoms with E-state index in [1.807, 2.05) is 6.08 Å². The lowest BCUT2D eigenvalue weighted by molar-refractivity contribution is -0.177. The van der Waals surface area contributed by atoms with Crippen molar-refractivity contribution in [3.05, 3.63) is 23.3 Å². The van der Waals surface area contributed by atoms with E-state index in [0.717, 1.165) is 32.1 Å². The van der Waals surface area contributed by atoms with Gasteiger partial charge in [0.2, 0.25) is 0 Å². The lowest BCUT2D eigenvalue weighted by Gasteiger charge is -2.66. The maximum absolute atomic E-state index is 11.7. The third-order valence-electron chi connectivity index (χ3n) is 11.7. The molecule has 4 aliphatic carbocycles. The van der Waals surface area contributed by atoms with E-state index in [2.05, 4.69) is 61.5 Å². The van der Waals surface area contributed by atoms with Gasteiger partial charge in [0.25, 0.3) is 0 Å². The Kier molecular flexibility index (Phi) is 6.33. The first-order valence-corrected chi connectivity index (χ1v) is 13.6. The molecule has 188 valence electrons. The molecule has 10 unspecified atom stereocenters. The molecule has 0 aromatic rings. The highest BCUT2D eigenvalue weighted by molar-refractivity contribution is 5.32. The standard InChI is InChI=1S/C30H50O3/c1-18(2)15-20(31)16-19(3)21-11-12-30(8)26-24(32)17-23-22(9-10-25(33)27(23,4)5)28(26,6)13-14-29(21,30)7/h15,17,19-22,24-26,31-33H,9-14,16H2,1-8H3. The fourth-order valence-electron chi connectivity index (χ4n) is 9.72. The maximum Gasteiger partial charge on any atom is 0.0762 e. The Morgan fingerprint density at radius 2 is 1.67 bits per heavy atom. The van der Waals surface area contributed by atoms with Gasteiger partial charge in [0.1, 0.15) is 0 Å². The summed E-state index contributed by atoms with van der Waals surface area (Å²) in [5, 5.41) is 33.1. The molecule has 3 nitrogen and oxygen atoms in total. The monoisotopic (exact) mass is 458 g/mol. The Labute approximate surface area is 202 Å². The van der Waals surface area contributed by atoms with Gasteiger partial charge >= 0.3 is 0 Å². The van der Waals surface area contributed by atoms with Crippen LogP contribution in [0.25, 0.3) is 0 Å². The second-order valence-corrected chi connectivity index (χ2v) is 14.0. The molecule has 3 fully saturated rings. The van der Waals surface area contributed by atoms with Crippen molar-refractivity contribution in [1.82, 2.24) is 0 Å². The molecular formula is C30H50O3. The van der Waals surface area contributed by atoms with Crippen LogP contribution in [0.5, 0.6) is 0 Å². The van der Waals surface area contributed by atoms with E-state index in [1.165, 1.54) is 24.0 Å². The summed E-state index contributed by atoms with van der Waals surface area (Å²) >= 11 is 0. The first-order chi connectivity index (χ1) is 15.2. The van der Waals surface area contributed by atoms with E-state index >= 15 is 0 Å². The lowest BCUT2D eigenvalue weighted by Crippen LogP contribution is -2.62. The summed E-state index contributed by atoms with van der Waals surface area (Å²) in [6.45, 7) is 18.3. The van der Waals surface area contributed by atoms with E-state index in [0.29, 0.717) is 17.8 Å². The molecule has 0 aromatic heterocycles. The van der Waals surface area contributed by atoms with Crippen molar-refractivity contribution in [3.8, 4) is 0 Å². The van der Waals surface area contributed by atoms with Crippen LogP contribution in [0.1, 0.15) is 100 Å². The lowest BCUT2D eigenvalue weighted by atomic mass is 9.38. The largest absolute Gasteiger partial charge is 0.392 e. The van der Waals surface area contributed by atoms with E-state index in [4.69, 9.17) is 0 Å². The summed E-state index contributed by atoms with van der Waals surface area (Å²) < 4.78 is 0. The molecule has 10 atom stereocenters. The number of aliphatic hydroxyl groups excluding tert-OH is 3. The van der Waals surface area contributed by atoms with Gasteiger partial charge in [0.15, 0.2) is 0 Å². The molecule has 0 heterocycles. The van der Waals surface area contributed by atoms with Gasteiger partial charge in [-0.3, -0.25) is 0 Å². The van der Waals surface area contributed by atoms with Gasteiger partial charge in [-0.25, -0.2) is 0 Å². The molecular weight excluding hydrogens is 408 g/mol. The van der Waals surface area contributed by atoms with Gasteiger partial charge < -0.3 is 15.3 Å². The van der Waals surface area contributed by atoms with Crippen molar-refractivity contribution < 1.29 is 15.3 Å². The van der Waals surface area contributed by atoms with Crippen LogP contribution < -0.4 is 0 Å². The number of hydrogen-bond donors (Lipinski definition) is 3. The van der Waals surface area contributed by atoms with Gasteiger partial charge in [-0.15, -0.1) is 0 Å². The number of hydrogen-bond acceptors (Lipinski definition) is 3. The van der Waals surface area contributed by atoms with Gasteiger partial charge in [0, 0.05) is 11.3 Å². The molecule has 3 saturated carbocycles. The normalized spacial score (nSPS) is 48.1. The van der Waals surface area contributed by atoms with Crippen LogP contribution in [-0.2, 0) is 0 Å². The van der Waals surface area contributed by atoms with E-state index in [9.17, 15) is 15.3 Å². The Morgan fingerprint density at radius 3 is 2.30 bits per heavy atom. The molecule has 0 spiro atoms. The highest BCUT2D eigenvalue weighted by Gasteiger charge is 2.69. The van der Waals surface area contributed by atoms with Crippen LogP contribution in [0.2, 0.25) is 0 Å². The van der Waals surface area contributed by atoms with Gasteiger partial charge in [0.05, 0.1) is 18.3 Å². The van der Waals surface area contributed by atoms with Crippen molar-refractivity contribution in [2.75, 3.05) is 0 Å². The predicted molar refractivity (Wildman–Crippen MR) is 136 cm³/mol. The van der Waals surface area contributed by atoms with E-state index in [1.54, 1.807) is 0 Å². The molecule has 0 aromatic carbocycles. The number of rotatable bonds is 4. The molecule has 33 heavy (non-hydrogen) atoms. The zero-order valence-electron chi connectivity index (χ0n) is 22.5.